The average molecular weight is 235 g/mol. The number of aromatic nitrogens is 1. The number of halogens is 1. The predicted octanol–water partition coefficient (Wildman–Crippen LogP) is 2.63. The first-order valence-electron chi connectivity index (χ1n) is 5.49. The van der Waals surface area contributed by atoms with Crippen LogP contribution in [0.25, 0.3) is 10.9 Å². The van der Waals surface area contributed by atoms with Crippen molar-refractivity contribution in [2.24, 2.45) is 0 Å². The molecule has 2 aromatic rings. The third-order valence-electron chi connectivity index (χ3n) is 2.75. The Morgan fingerprint density at radius 2 is 2.29 bits per heavy atom. The molecule has 17 heavy (non-hydrogen) atoms. The van der Waals surface area contributed by atoms with Gasteiger partial charge in [0.15, 0.2) is 6.29 Å². The fraction of sp³-hybridized carbons (Fsp3) is 0.308. The Morgan fingerprint density at radius 3 is 3.00 bits per heavy atom. The molecule has 0 aliphatic carbocycles. The van der Waals surface area contributed by atoms with Crippen molar-refractivity contribution in [3.8, 4) is 0 Å². The van der Waals surface area contributed by atoms with Crippen LogP contribution in [-0.2, 0) is 11.3 Å². The van der Waals surface area contributed by atoms with Crippen molar-refractivity contribution in [1.29, 1.82) is 0 Å². The molecule has 1 aromatic carbocycles. The van der Waals surface area contributed by atoms with E-state index in [4.69, 9.17) is 4.74 Å². The summed E-state index contributed by atoms with van der Waals surface area (Å²) in [7, 11) is 1.64. The number of nitrogens with zero attached hydrogens (tertiary/aromatic N) is 1. The van der Waals surface area contributed by atoms with Crippen LogP contribution < -0.4 is 0 Å². The normalized spacial score (nSPS) is 10.9. The number of hydrogen-bond acceptors (Lipinski definition) is 2. The number of methoxy groups -OCH3 is 1. The van der Waals surface area contributed by atoms with E-state index in [0.717, 1.165) is 23.6 Å². The number of hydrogen-bond donors (Lipinski definition) is 0. The number of aldehydes is 1. The Labute approximate surface area is 98.8 Å². The molecule has 0 aliphatic heterocycles. The fourth-order valence-corrected chi connectivity index (χ4v) is 1.95. The van der Waals surface area contributed by atoms with E-state index >= 15 is 0 Å². The van der Waals surface area contributed by atoms with Gasteiger partial charge in [0, 0.05) is 37.4 Å². The third-order valence-corrected chi connectivity index (χ3v) is 2.75. The highest BCUT2D eigenvalue weighted by atomic mass is 19.1. The smallest absolute Gasteiger partial charge is 0.152 e. The summed E-state index contributed by atoms with van der Waals surface area (Å²) >= 11 is 0. The van der Waals surface area contributed by atoms with E-state index in [0.29, 0.717) is 18.7 Å². The van der Waals surface area contributed by atoms with Crippen LogP contribution in [0.3, 0.4) is 0 Å². The van der Waals surface area contributed by atoms with Crippen LogP contribution in [0, 0.1) is 5.82 Å². The van der Waals surface area contributed by atoms with Gasteiger partial charge in [0.25, 0.3) is 0 Å². The van der Waals surface area contributed by atoms with E-state index in [-0.39, 0.29) is 5.82 Å². The van der Waals surface area contributed by atoms with Gasteiger partial charge in [-0.2, -0.15) is 0 Å². The van der Waals surface area contributed by atoms with E-state index in [1.54, 1.807) is 19.4 Å². The Hall–Kier alpha value is -1.68. The Kier molecular flexibility index (Phi) is 3.54. The molecule has 0 atom stereocenters. The van der Waals surface area contributed by atoms with Gasteiger partial charge in [-0.1, -0.05) is 0 Å². The number of benzene rings is 1. The van der Waals surface area contributed by atoms with Gasteiger partial charge in [-0.25, -0.2) is 4.39 Å². The lowest BCUT2D eigenvalue weighted by Gasteiger charge is -2.04. The highest BCUT2D eigenvalue weighted by molar-refractivity contribution is 5.97. The molecule has 4 heteroatoms. The van der Waals surface area contributed by atoms with Crippen molar-refractivity contribution in [1.82, 2.24) is 4.57 Å². The molecule has 3 nitrogen and oxygen atoms in total. The zero-order valence-corrected chi connectivity index (χ0v) is 9.65. The first-order valence-corrected chi connectivity index (χ1v) is 5.49. The van der Waals surface area contributed by atoms with Gasteiger partial charge in [-0.05, 0) is 24.6 Å². The van der Waals surface area contributed by atoms with Crippen LogP contribution >= 0.6 is 0 Å². The van der Waals surface area contributed by atoms with Crippen molar-refractivity contribution in [2.45, 2.75) is 13.0 Å². The molecule has 0 unspecified atom stereocenters. The maximum absolute atomic E-state index is 13.2. The summed E-state index contributed by atoms with van der Waals surface area (Å²) in [6.45, 7) is 1.35. The second-order valence-corrected chi connectivity index (χ2v) is 3.90. The minimum absolute atomic E-state index is 0.291. The van der Waals surface area contributed by atoms with E-state index in [1.807, 2.05) is 4.57 Å². The molecule has 0 bridgehead atoms. The molecule has 0 N–H and O–H groups in total. The summed E-state index contributed by atoms with van der Waals surface area (Å²) in [6, 6.07) is 4.46. The summed E-state index contributed by atoms with van der Waals surface area (Å²) in [5.74, 6) is -0.291. The lowest BCUT2D eigenvalue weighted by Crippen LogP contribution is -2.00. The van der Waals surface area contributed by atoms with Gasteiger partial charge in [0.1, 0.15) is 5.82 Å². The minimum atomic E-state index is -0.291. The molecular formula is C13H14FNO2. The maximum atomic E-state index is 13.2. The van der Waals surface area contributed by atoms with Crippen LogP contribution in [0.2, 0.25) is 0 Å². The second kappa shape index (κ2) is 5.10. The first-order chi connectivity index (χ1) is 8.26. The highest BCUT2D eigenvalue weighted by Crippen LogP contribution is 2.21. The lowest BCUT2D eigenvalue weighted by atomic mass is 10.2. The van der Waals surface area contributed by atoms with E-state index < -0.39 is 0 Å². The van der Waals surface area contributed by atoms with Gasteiger partial charge in [-0.15, -0.1) is 0 Å². The number of carbonyl (C=O) groups excluding carboxylic acids is 1. The van der Waals surface area contributed by atoms with Crippen LogP contribution in [0.15, 0.2) is 24.4 Å². The van der Waals surface area contributed by atoms with Gasteiger partial charge in [-0.3, -0.25) is 4.79 Å². The molecule has 0 radical (unpaired) electrons. The van der Waals surface area contributed by atoms with E-state index in [2.05, 4.69) is 0 Å². The molecule has 0 spiro atoms. The zero-order chi connectivity index (χ0) is 12.3. The summed E-state index contributed by atoms with van der Waals surface area (Å²) < 4.78 is 20.1. The molecule has 2 rings (SSSR count). The fourth-order valence-electron chi connectivity index (χ4n) is 1.95. The molecule has 1 heterocycles. The van der Waals surface area contributed by atoms with Crippen LogP contribution in [0.5, 0.6) is 0 Å². The van der Waals surface area contributed by atoms with Crippen molar-refractivity contribution in [2.75, 3.05) is 13.7 Å². The molecular weight excluding hydrogens is 221 g/mol. The van der Waals surface area contributed by atoms with Crippen molar-refractivity contribution >= 4 is 17.2 Å². The largest absolute Gasteiger partial charge is 0.385 e. The predicted molar refractivity (Wildman–Crippen MR) is 63.8 cm³/mol. The molecule has 0 amide bonds. The van der Waals surface area contributed by atoms with Crippen LogP contribution in [0.1, 0.15) is 16.8 Å². The highest BCUT2D eigenvalue weighted by Gasteiger charge is 2.08. The third kappa shape index (κ3) is 2.36. The van der Waals surface area contributed by atoms with Crippen LogP contribution in [0.4, 0.5) is 4.39 Å². The molecule has 0 saturated carbocycles. The van der Waals surface area contributed by atoms with Crippen molar-refractivity contribution in [3.63, 3.8) is 0 Å². The second-order valence-electron chi connectivity index (χ2n) is 3.90. The topological polar surface area (TPSA) is 31.2 Å². The minimum Gasteiger partial charge on any atom is -0.385 e. The maximum Gasteiger partial charge on any atom is 0.152 e. The SMILES string of the molecule is COCCCn1cc(C=O)c2ccc(F)cc21. The number of fused-ring (bicyclic) bond motifs is 1. The zero-order valence-electron chi connectivity index (χ0n) is 9.65. The molecule has 0 fully saturated rings. The van der Waals surface area contributed by atoms with Gasteiger partial charge >= 0.3 is 0 Å². The number of carbonyl (C=O) groups is 1. The molecule has 90 valence electrons. The summed E-state index contributed by atoms with van der Waals surface area (Å²) in [5, 5.41) is 0.791. The quantitative estimate of drug-likeness (QED) is 0.589. The lowest BCUT2D eigenvalue weighted by molar-refractivity contribution is 0.112. The summed E-state index contributed by atoms with van der Waals surface area (Å²) in [6.07, 6.45) is 3.38. The van der Waals surface area contributed by atoms with Gasteiger partial charge in [0.05, 0.1) is 5.52 Å². The molecule has 1 aromatic heterocycles. The number of rotatable bonds is 5. The van der Waals surface area contributed by atoms with Gasteiger partial charge in [0.2, 0.25) is 0 Å². The average Bonchev–Trinajstić information content (AvgIpc) is 2.67. The first kappa shape index (κ1) is 11.8. The Balaban J connectivity index is 2.40. The van der Waals surface area contributed by atoms with Crippen molar-refractivity contribution in [3.05, 3.63) is 35.8 Å². The standard InChI is InChI=1S/C13H14FNO2/c1-17-6-2-5-15-8-10(9-16)12-4-3-11(14)7-13(12)15/h3-4,7-9H,2,5-6H2,1H3. The van der Waals surface area contributed by atoms with E-state index in [1.165, 1.54) is 12.1 Å². The number of ether oxygens (including phenoxy) is 1. The van der Waals surface area contributed by atoms with E-state index in [9.17, 15) is 9.18 Å². The Morgan fingerprint density at radius 1 is 1.47 bits per heavy atom. The summed E-state index contributed by atoms with van der Waals surface area (Å²) in [5.41, 5.74) is 1.35. The Bertz CT molecular complexity index is 533. The van der Waals surface area contributed by atoms with Gasteiger partial charge < -0.3 is 9.30 Å². The monoisotopic (exact) mass is 235 g/mol. The summed E-state index contributed by atoms with van der Waals surface area (Å²) in [4.78, 5) is 10.9. The molecule has 0 saturated heterocycles. The van der Waals surface area contributed by atoms with Crippen LogP contribution in [-0.4, -0.2) is 24.6 Å². The number of aryl methyl sites for hydroxylation is 1. The molecule has 0 aliphatic rings. The van der Waals surface area contributed by atoms with Crippen molar-refractivity contribution < 1.29 is 13.9 Å².